The molecule has 0 atom stereocenters. The maximum absolute atomic E-state index is 12.5. The van der Waals surface area contributed by atoms with Crippen LogP contribution in [-0.4, -0.2) is 51.4 Å². The summed E-state index contributed by atoms with van der Waals surface area (Å²) in [6.45, 7) is 2.85. The van der Waals surface area contributed by atoms with Crippen LogP contribution in [0.25, 0.3) is 0 Å². The number of fused-ring (bicyclic) bond motifs is 1. The number of halogens is 1. The minimum atomic E-state index is -3.51. The number of hydrogen-bond donors (Lipinski definition) is 2. The third kappa shape index (κ3) is 3.06. The Bertz CT molecular complexity index is 642. The molecule has 6 nitrogen and oxygen atoms in total. The van der Waals surface area contributed by atoms with Crippen LogP contribution in [0.4, 0.5) is 0 Å². The van der Waals surface area contributed by atoms with Crippen LogP contribution in [0.15, 0.2) is 23.1 Å². The molecule has 0 unspecified atom stereocenters. The van der Waals surface area contributed by atoms with Crippen molar-refractivity contribution in [3.05, 3.63) is 29.3 Å². The van der Waals surface area contributed by atoms with E-state index >= 15 is 0 Å². The average Bonchev–Trinajstić information content (AvgIpc) is 2.48. The third-order valence-corrected chi connectivity index (χ3v) is 5.61. The van der Waals surface area contributed by atoms with Crippen molar-refractivity contribution in [2.24, 2.45) is 0 Å². The van der Waals surface area contributed by atoms with Gasteiger partial charge < -0.3 is 10.6 Å². The molecule has 1 saturated heterocycles. The van der Waals surface area contributed by atoms with Crippen LogP contribution in [0.5, 0.6) is 0 Å². The molecule has 0 spiro atoms. The van der Waals surface area contributed by atoms with Gasteiger partial charge in [-0.2, -0.15) is 4.31 Å². The lowest BCUT2D eigenvalue weighted by atomic mass is 10.0. The molecule has 2 N–H and O–H groups in total. The summed E-state index contributed by atoms with van der Waals surface area (Å²) in [5.41, 5.74) is 1.39. The zero-order chi connectivity index (χ0) is 14.2. The van der Waals surface area contributed by atoms with E-state index < -0.39 is 10.0 Å². The van der Waals surface area contributed by atoms with E-state index in [1.165, 1.54) is 10.4 Å². The van der Waals surface area contributed by atoms with Gasteiger partial charge in [-0.1, -0.05) is 6.07 Å². The van der Waals surface area contributed by atoms with Gasteiger partial charge >= 0.3 is 0 Å². The number of amides is 1. The molecule has 21 heavy (non-hydrogen) atoms. The zero-order valence-corrected chi connectivity index (χ0v) is 13.1. The lowest BCUT2D eigenvalue weighted by Gasteiger charge is -2.27. The quantitative estimate of drug-likeness (QED) is 0.799. The molecule has 3 rings (SSSR count). The van der Waals surface area contributed by atoms with E-state index in [0.29, 0.717) is 38.3 Å². The molecule has 2 aliphatic rings. The number of rotatable bonds is 2. The van der Waals surface area contributed by atoms with E-state index in [2.05, 4.69) is 10.6 Å². The van der Waals surface area contributed by atoms with Gasteiger partial charge in [-0.25, -0.2) is 8.42 Å². The first-order valence-electron chi connectivity index (χ1n) is 6.71. The second-order valence-electron chi connectivity index (χ2n) is 4.98. The Labute approximate surface area is 130 Å². The van der Waals surface area contributed by atoms with Gasteiger partial charge in [-0.3, -0.25) is 4.79 Å². The van der Waals surface area contributed by atoms with E-state index in [4.69, 9.17) is 0 Å². The normalized spacial score (nSPS) is 19.3. The molecule has 1 aromatic rings. The predicted octanol–water partition coefficient (Wildman–Crippen LogP) is -0.0118. The van der Waals surface area contributed by atoms with Gasteiger partial charge in [0.1, 0.15) is 0 Å². The Morgan fingerprint density at radius 1 is 1.10 bits per heavy atom. The van der Waals surface area contributed by atoms with Crippen molar-refractivity contribution in [3.63, 3.8) is 0 Å². The van der Waals surface area contributed by atoms with Crippen molar-refractivity contribution in [1.82, 2.24) is 14.9 Å². The number of nitrogens with zero attached hydrogens (tertiary/aromatic N) is 1. The van der Waals surface area contributed by atoms with Crippen LogP contribution in [-0.2, 0) is 16.4 Å². The van der Waals surface area contributed by atoms with Crippen molar-refractivity contribution in [3.8, 4) is 0 Å². The molecule has 1 amide bonds. The highest BCUT2D eigenvalue weighted by atomic mass is 35.5. The second-order valence-corrected chi connectivity index (χ2v) is 6.92. The molecular weight excluding hydrogens is 314 g/mol. The summed E-state index contributed by atoms with van der Waals surface area (Å²) in [7, 11) is -3.51. The molecule has 116 valence electrons. The first-order chi connectivity index (χ1) is 9.59. The Morgan fingerprint density at radius 3 is 2.52 bits per heavy atom. The topological polar surface area (TPSA) is 78.5 Å². The van der Waals surface area contributed by atoms with Gasteiger partial charge in [0.25, 0.3) is 5.91 Å². The lowest BCUT2D eigenvalue weighted by molar-refractivity contribution is 0.0945. The smallest absolute Gasteiger partial charge is 0.251 e. The van der Waals surface area contributed by atoms with Crippen LogP contribution in [0.2, 0.25) is 0 Å². The van der Waals surface area contributed by atoms with Gasteiger partial charge in [0, 0.05) is 38.3 Å². The van der Waals surface area contributed by atoms with Crippen molar-refractivity contribution in [2.45, 2.75) is 11.3 Å². The molecule has 0 saturated carbocycles. The molecule has 0 radical (unpaired) electrons. The summed E-state index contributed by atoms with van der Waals surface area (Å²) in [6.07, 6.45) is 0.745. The second kappa shape index (κ2) is 6.31. The highest BCUT2D eigenvalue weighted by molar-refractivity contribution is 7.89. The van der Waals surface area contributed by atoms with E-state index in [1.807, 2.05) is 0 Å². The Morgan fingerprint density at radius 2 is 1.81 bits per heavy atom. The van der Waals surface area contributed by atoms with E-state index in [9.17, 15) is 13.2 Å². The van der Waals surface area contributed by atoms with E-state index in [0.717, 1.165) is 12.0 Å². The van der Waals surface area contributed by atoms with Gasteiger partial charge in [0.15, 0.2) is 0 Å². The number of nitrogens with one attached hydrogen (secondary N) is 2. The summed E-state index contributed by atoms with van der Waals surface area (Å²) in [4.78, 5) is 12.0. The number of sulfonamides is 1. The summed E-state index contributed by atoms with van der Waals surface area (Å²) < 4.78 is 26.6. The fourth-order valence-electron chi connectivity index (χ4n) is 2.59. The van der Waals surface area contributed by atoms with Crippen molar-refractivity contribution in [2.75, 3.05) is 32.7 Å². The maximum Gasteiger partial charge on any atom is 0.251 e. The van der Waals surface area contributed by atoms with Crippen LogP contribution in [0.1, 0.15) is 15.9 Å². The van der Waals surface area contributed by atoms with Crippen LogP contribution < -0.4 is 10.6 Å². The molecule has 8 heteroatoms. The molecule has 2 heterocycles. The minimum Gasteiger partial charge on any atom is -0.352 e. The Balaban J connectivity index is 0.00000161. The van der Waals surface area contributed by atoms with Gasteiger partial charge in [0.05, 0.1) is 4.90 Å². The zero-order valence-electron chi connectivity index (χ0n) is 11.5. The standard InChI is InChI=1S/C13H17N3O3S.ClH/c17-13-12-9-11(2-1-10(12)3-4-15-13)20(18,19)16-7-5-14-6-8-16;/h1-2,9,14H,3-8H2,(H,15,17);1H. The molecule has 0 aromatic heterocycles. The Kier molecular flexibility index (Phi) is 4.88. The number of carbonyl (C=O) groups is 1. The fraction of sp³-hybridized carbons (Fsp3) is 0.462. The lowest BCUT2D eigenvalue weighted by Crippen LogP contribution is -2.46. The van der Waals surface area contributed by atoms with Crippen LogP contribution in [0.3, 0.4) is 0 Å². The number of hydrogen-bond acceptors (Lipinski definition) is 4. The minimum absolute atomic E-state index is 0. The first-order valence-corrected chi connectivity index (χ1v) is 8.15. The Hall–Kier alpha value is -1.15. The molecule has 1 fully saturated rings. The number of piperazine rings is 1. The summed E-state index contributed by atoms with van der Waals surface area (Å²) in [5.74, 6) is -0.191. The number of benzene rings is 1. The summed E-state index contributed by atoms with van der Waals surface area (Å²) >= 11 is 0. The summed E-state index contributed by atoms with van der Waals surface area (Å²) in [6, 6.07) is 4.86. The van der Waals surface area contributed by atoms with Crippen molar-refractivity contribution >= 4 is 28.3 Å². The van der Waals surface area contributed by atoms with Gasteiger partial charge in [-0.05, 0) is 24.1 Å². The van der Waals surface area contributed by atoms with Crippen molar-refractivity contribution in [1.29, 1.82) is 0 Å². The first kappa shape index (κ1) is 16.2. The van der Waals surface area contributed by atoms with Crippen LogP contribution >= 0.6 is 12.4 Å². The SMILES string of the molecule is Cl.O=C1NCCc2ccc(S(=O)(=O)N3CCNCC3)cc21. The van der Waals surface area contributed by atoms with Crippen molar-refractivity contribution < 1.29 is 13.2 Å². The number of carbonyl (C=O) groups excluding carboxylic acids is 1. The molecule has 0 bridgehead atoms. The predicted molar refractivity (Wildman–Crippen MR) is 81.4 cm³/mol. The molecular formula is C13H18ClN3O3S. The van der Waals surface area contributed by atoms with Gasteiger partial charge in [-0.15, -0.1) is 12.4 Å². The largest absolute Gasteiger partial charge is 0.352 e. The van der Waals surface area contributed by atoms with E-state index in [-0.39, 0.29) is 23.2 Å². The fourth-order valence-corrected chi connectivity index (χ4v) is 4.05. The monoisotopic (exact) mass is 331 g/mol. The molecule has 1 aromatic carbocycles. The molecule has 0 aliphatic carbocycles. The maximum atomic E-state index is 12.5. The average molecular weight is 332 g/mol. The third-order valence-electron chi connectivity index (χ3n) is 3.72. The highest BCUT2D eigenvalue weighted by Gasteiger charge is 2.27. The summed E-state index contributed by atoms with van der Waals surface area (Å²) in [5, 5.41) is 5.86. The van der Waals surface area contributed by atoms with Crippen LogP contribution in [0, 0.1) is 0 Å². The van der Waals surface area contributed by atoms with E-state index in [1.54, 1.807) is 12.1 Å². The molecule has 2 aliphatic heterocycles. The highest BCUT2D eigenvalue weighted by Crippen LogP contribution is 2.22. The van der Waals surface area contributed by atoms with Gasteiger partial charge in [0.2, 0.25) is 10.0 Å².